The van der Waals surface area contributed by atoms with Gasteiger partial charge in [0.2, 0.25) is 11.4 Å². The molecule has 30 heavy (non-hydrogen) atoms. The lowest BCUT2D eigenvalue weighted by atomic mass is 9.87. The Kier molecular flexibility index (Phi) is 6.24. The third-order valence-electron chi connectivity index (χ3n) is 4.48. The summed E-state index contributed by atoms with van der Waals surface area (Å²) < 4.78 is 31.7. The number of amides is 1. The molecule has 1 atom stereocenters. The highest BCUT2D eigenvalue weighted by molar-refractivity contribution is 7.91. The van der Waals surface area contributed by atoms with Crippen molar-refractivity contribution in [2.75, 3.05) is 5.75 Å². The predicted octanol–water partition coefficient (Wildman–Crippen LogP) is 3.99. The van der Waals surface area contributed by atoms with Crippen molar-refractivity contribution in [2.45, 2.75) is 10.5 Å². The van der Waals surface area contributed by atoms with Crippen molar-refractivity contribution in [1.29, 1.82) is 0 Å². The molecule has 3 rings (SSSR count). The van der Waals surface area contributed by atoms with Crippen LogP contribution in [0.3, 0.4) is 0 Å². The first-order valence-corrected chi connectivity index (χ1v) is 10.9. The minimum atomic E-state index is -4.09. The van der Waals surface area contributed by atoms with E-state index in [1.165, 1.54) is 48.5 Å². The fourth-order valence-corrected chi connectivity index (χ4v) is 4.84. The molecule has 0 aromatic heterocycles. The Morgan fingerprint density at radius 3 is 1.93 bits per heavy atom. The molecule has 1 amide bonds. The van der Waals surface area contributed by atoms with Gasteiger partial charge in [-0.3, -0.25) is 4.79 Å². The van der Waals surface area contributed by atoms with E-state index in [1.807, 2.05) is 0 Å². The number of rotatable bonds is 7. The van der Waals surface area contributed by atoms with Crippen molar-refractivity contribution in [1.82, 2.24) is 0 Å². The maximum Gasteiger partial charge on any atom is 0.405 e. The third kappa shape index (κ3) is 4.53. The first-order valence-electron chi connectivity index (χ1n) is 8.87. The Labute approximate surface area is 179 Å². The number of ether oxygens (including phenoxy) is 1. The summed E-state index contributed by atoms with van der Waals surface area (Å²) in [4.78, 5) is 25.3. The van der Waals surface area contributed by atoms with Crippen LogP contribution in [-0.2, 0) is 20.2 Å². The van der Waals surface area contributed by atoms with Gasteiger partial charge in [0.15, 0.2) is 9.84 Å². The van der Waals surface area contributed by atoms with Gasteiger partial charge in [0.05, 0.1) is 4.90 Å². The molecule has 0 bridgehead atoms. The Hall–Kier alpha value is -3.16. The molecule has 3 aromatic carbocycles. The Balaban J connectivity index is 2.20. The van der Waals surface area contributed by atoms with Crippen LogP contribution in [0.5, 0.6) is 0 Å². The average Bonchev–Trinajstić information content (AvgIpc) is 2.73. The zero-order chi connectivity index (χ0) is 21.8. The molecule has 1 unspecified atom stereocenters. The molecule has 0 saturated heterocycles. The maximum atomic E-state index is 13.5. The molecule has 0 aliphatic heterocycles. The van der Waals surface area contributed by atoms with Gasteiger partial charge in [-0.1, -0.05) is 72.3 Å². The summed E-state index contributed by atoms with van der Waals surface area (Å²) in [5.41, 5.74) is 3.47. The summed E-state index contributed by atoms with van der Waals surface area (Å²) >= 11 is 5.86. The zero-order valence-corrected chi connectivity index (χ0v) is 17.3. The lowest BCUT2D eigenvalue weighted by molar-refractivity contribution is 0.0270. The molecule has 6 nitrogen and oxygen atoms in total. The van der Waals surface area contributed by atoms with Crippen molar-refractivity contribution in [3.05, 3.63) is 101 Å². The lowest BCUT2D eigenvalue weighted by Crippen LogP contribution is -2.47. The van der Waals surface area contributed by atoms with E-state index in [2.05, 4.69) is 0 Å². The van der Waals surface area contributed by atoms with E-state index in [4.69, 9.17) is 22.1 Å². The van der Waals surface area contributed by atoms with Crippen LogP contribution in [0.25, 0.3) is 0 Å². The van der Waals surface area contributed by atoms with E-state index in [0.717, 1.165) is 0 Å². The Morgan fingerprint density at radius 1 is 0.867 bits per heavy atom. The summed E-state index contributed by atoms with van der Waals surface area (Å²) in [6.07, 6.45) is -1.27. The molecular weight excluding hydrogens is 426 g/mol. The van der Waals surface area contributed by atoms with Crippen molar-refractivity contribution in [3.63, 3.8) is 0 Å². The minimum absolute atomic E-state index is 0.0684. The number of halogens is 1. The van der Waals surface area contributed by atoms with Crippen LogP contribution >= 0.6 is 11.6 Å². The monoisotopic (exact) mass is 443 g/mol. The van der Waals surface area contributed by atoms with Crippen molar-refractivity contribution in [2.24, 2.45) is 5.73 Å². The van der Waals surface area contributed by atoms with Gasteiger partial charge in [-0.25, -0.2) is 13.2 Å². The van der Waals surface area contributed by atoms with Crippen LogP contribution in [0.1, 0.15) is 15.9 Å². The molecule has 0 saturated carbocycles. The second-order valence-electron chi connectivity index (χ2n) is 6.52. The standard InChI is InChI=1S/C22H18ClNO5S/c23-18-11-13-19(14-12-18)30(27,28)15-22(29-21(24)26,17-9-5-2-6-10-17)20(25)16-7-3-1-4-8-16/h1-14H,15H2,(H2,24,26). The molecule has 3 aromatic rings. The predicted molar refractivity (Wildman–Crippen MR) is 113 cm³/mol. The fraction of sp³-hybridized carbons (Fsp3) is 0.0909. The van der Waals surface area contributed by atoms with Gasteiger partial charge in [-0.15, -0.1) is 0 Å². The molecule has 0 spiro atoms. The van der Waals surface area contributed by atoms with Gasteiger partial charge in [0.1, 0.15) is 5.75 Å². The first-order chi connectivity index (χ1) is 14.2. The highest BCUT2D eigenvalue weighted by atomic mass is 35.5. The van der Waals surface area contributed by atoms with E-state index >= 15 is 0 Å². The van der Waals surface area contributed by atoms with Gasteiger partial charge in [-0.05, 0) is 24.3 Å². The second-order valence-corrected chi connectivity index (χ2v) is 8.95. The van der Waals surface area contributed by atoms with Crippen LogP contribution in [0.2, 0.25) is 5.02 Å². The number of benzene rings is 3. The van der Waals surface area contributed by atoms with Crippen LogP contribution in [0, 0.1) is 0 Å². The number of ketones is 1. The summed E-state index contributed by atoms with van der Waals surface area (Å²) in [5, 5.41) is 0.358. The molecule has 0 fully saturated rings. The number of nitrogens with two attached hydrogens (primary N) is 1. The Morgan fingerprint density at radius 2 is 1.40 bits per heavy atom. The van der Waals surface area contributed by atoms with Gasteiger partial charge in [0.25, 0.3) is 0 Å². The number of Topliss-reactive ketones (excluding diaryl/α,β-unsaturated/α-hetero) is 1. The number of carbonyl (C=O) groups excluding carboxylic acids is 2. The van der Waals surface area contributed by atoms with Crippen LogP contribution in [0.15, 0.2) is 89.8 Å². The smallest absolute Gasteiger partial charge is 0.405 e. The zero-order valence-electron chi connectivity index (χ0n) is 15.7. The summed E-state index contributed by atoms with van der Waals surface area (Å²) in [5.74, 6) is -1.53. The van der Waals surface area contributed by atoms with Crippen LogP contribution in [-0.4, -0.2) is 26.0 Å². The summed E-state index contributed by atoms with van der Waals surface area (Å²) in [6.45, 7) is 0. The highest BCUT2D eigenvalue weighted by Gasteiger charge is 2.48. The average molecular weight is 444 g/mol. The molecule has 0 radical (unpaired) electrons. The first kappa shape index (κ1) is 21.5. The number of carbonyl (C=O) groups is 2. The summed E-state index contributed by atoms with van der Waals surface area (Å²) in [6, 6.07) is 21.4. The quantitative estimate of drug-likeness (QED) is 0.556. The molecule has 154 valence electrons. The van der Waals surface area contributed by atoms with E-state index in [1.54, 1.807) is 36.4 Å². The summed E-state index contributed by atoms with van der Waals surface area (Å²) in [7, 11) is -4.09. The Bertz CT molecular complexity index is 1150. The highest BCUT2D eigenvalue weighted by Crippen LogP contribution is 2.34. The molecule has 8 heteroatoms. The molecule has 0 aliphatic rings. The van der Waals surface area contributed by atoms with Gasteiger partial charge >= 0.3 is 6.09 Å². The largest absolute Gasteiger partial charge is 0.429 e. The van der Waals surface area contributed by atoms with Crippen molar-refractivity contribution < 1.29 is 22.7 Å². The fourth-order valence-electron chi connectivity index (χ4n) is 3.11. The van der Waals surface area contributed by atoms with E-state index in [9.17, 15) is 18.0 Å². The topological polar surface area (TPSA) is 104 Å². The van der Waals surface area contributed by atoms with Gasteiger partial charge < -0.3 is 10.5 Å². The number of hydrogen-bond donors (Lipinski definition) is 1. The second kappa shape index (κ2) is 8.69. The molecule has 0 aliphatic carbocycles. The SMILES string of the molecule is NC(=O)OC(CS(=O)(=O)c1ccc(Cl)cc1)(C(=O)c1ccccc1)c1ccccc1. The van der Waals surface area contributed by atoms with Gasteiger partial charge in [-0.2, -0.15) is 0 Å². The van der Waals surface area contributed by atoms with Gasteiger partial charge in [0, 0.05) is 16.1 Å². The maximum absolute atomic E-state index is 13.5. The normalized spacial score (nSPS) is 13.2. The molecular formula is C22H18ClNO5S. The lowest BCUT2D eigenvalue weighted by Gasteiger charge is -2.31. The van der Waals surface area contributed by atoms with E-state index in [-0.39, 0.29) is 16.0 Å². The molecule has 2 N–H and O–H groups in total. The van der Waals surface area contributed by atoms with Crippen molar-refractivity contribution >= 4 is 33.3 Å². The minimum Gasteiger partial charge on any atom is -0.429 e. The molecule has 0 heterocycles. The van der Waals surface area contributed by atoms with Crippen LogP contribution < -0.4 is 5.73 Å². The van der Waals surface area contributed by atoms with Crippen molar-refractivity contribution in [3.8, 4) is 0 Å². The van der Waals surface area contributed by atoms with E-state index in [0.29, 0.717) is 5.02 Å². The number of primary amides is 1. The van der Waals surface area contributed by atoms with E-state index < -0.39 is 33.1 Å². The number of sulfone groups is 1. The van der Waals surface area contributed by atoms with Crippen LogP contribution in [0.4, 0.5) is 4.79 Å². The third-order valence-corrected chi connectivity index (χ3v) is 6.51. The number of hydrogen-bond acceptors (Lipinski definition) is 5.